The Morgan fingerprint density at radius 2 is 0.833 bits per heavy atom. The molecule has 0 amide bonds. The third kappa shape index (κ3) is 4.38. The highest BCUT2D eigenvalue weighted by atomic mass is 14.2. The second kappa shape index (κ2) is 10.1. The maximum atomic E-state index is 3.85. The lowest BCUT2D eigenvalue weighted by Crippen LogP contribution is -2.00. The summed E-state index contributed by atoms with van der Waals surface area (Å²) in [7, 11) is 0. The Morgan fingerprint density at radius 1 is 0.500 bits per heavy atom. The minimum absolute atomic E-state index is 1.06. The molecule has 0 saturated carbocycles. The van der Waals surface area contributed by atoms with Gasteiger partial charge >= 0.3 is 0 Å². The van der Waals surface area contributed by atoms with Gasteiger partial charge in [-0.05, 0) is 100 Å². The van der Waals surface area contributed by atoms with E-state index in [1.807, 2.05) is 0 Å². The average molecular weight is 398 g/mol. The number of aryl methyl sites for hydroxylation is 6. The van der Waals surface area contributed by atoms with Crippen LogP contribution in [0.15, 0.2) is 42.5 Å². The second-order valence-electron chi connectivity index (χ2n) is 8.18. The predicted octanol–water partition coefficient (Wildman–Crippen LogP) is 8.20. The van der Waals surface area contributed by atoms with E-state index in [1.165, 1.54) is 55.6 Å². The van der Waals surface area contributed by atoms with Gasteiger partial charge in [0.25, 0.3) is 0 Å². The fraction of sp³-hybridized carbons (Fsp3) is 0.400. The standard InChI is InChI=1S/C30H37/c1-7-21-16-23(9-3)29(24(10-4)17-21)27-14-13-15-28(20-27)30-25(11-5)18-22(8-2)19-26(30)12-6/h13-19H,7-12H2,1-6H3. The van der Waals surface area contributed by atoms with Crippen molar-refractivity contribution in [2.75, 3.05) is 0 Å². The largest absolute Gasteiger partial charge is 0.0613 e. The van der Waals surface area contributed by atoms with Crippen molar-refractivity contribution in [1.82, 2.24) is 0 Å². The smallest absolute Gasteiger partial charge is 0.00139 e. The van der Waals surface area contributed by atoms with Crippen LogP contribution in [0.25, 0.3) is 22.3 Å². The molecule has 0 aliphatic carbocycles. The summed E-state index contributed by atoms with van der Waals surface area (Å²) in [4.78, 5) is 0. The minimum atomic E-state index is 1.06. The SMILES string of the molecule is CCc1cc(CC)c(-c2[c]c(-c3c(CC)cc(CC)cc3CC)ccc2)c(CC)c1. The molecule has 0 fully saturated rings. The van der Waals surface area contributed by atoms with E-state index >= 15 is 0 Å². The van der Waals surface area contributed by atoms with Gasteiger partial charge in [0.05, 0.1) is 0 Å². The molecule has 1 radical (unpaired) electrons. The number of hydrogen-bond donors (Lipinski definition) is 0. The summed E-state index contributed by atoms with van der Waals surface area (Å²) in [5.41, 5.74) is 14.0. The summed E-state index contributed by atoms with van der Waals surface area (Å²) >= 11 is 0. The van der Waals surface area contributed by atoms with Crippen molar-refractivity contribution in [1.29, 1.82) is 0 Å². The van der Waals surface area contributed by atoms with Crippen LogP contribution in [0.3, 0.4) is 0 Å². The summed E-state index contributed by atoms with van der Waals surface area (Å²) < 4.78 is 0. The van der Waals surface area contributed by atoms with E-state index in [-0.39, 0.29) is 0 Å². The van der Waals surface area contributed by atoms with E-state index in [0.29, 0.717) is 0 Å². The number of benzene rings is 3. The summed E-state index contributed by atoms with van der Waals surface area (Å²) in [5.74, 6) is 0. The quantitative estimate of drug-likeness (QED) is 0.359. The van der Waals surface area contributed by atoms with Crippen molar-refractivity contribution in [2.45, 2.75) is 80.1 Å². The van der Waals surface area contributed by atoms with Gasteiger partial charge in [0.1, 0.15) is 0 Å². The topological polar surface area (TPSA) is 0 Å². The van der Waals surface area contributed by atoms with Crippen LogP contribution in [-0.4, -0.2) is 0 Å². The monoisotopic (exact) mass is 397 g/mol. The first kappa shape index (κ1) is 22.3. The first-order valence-corrected chi connectivity index (χ1v) is 11.9. The molecule has 0 bridgehead atoms. The van der Waals surface area contributed by atoms with Crippen molar-refractivity contribution in [3.05, 3.63) is 81.9 Å². The third-order valence-electron chi connectivity index (χ3n) is 6.40. The van der Waals surface area contributed by atoms with Gasteiger partial charge < -0.3 is 0 Å². The van der Waals surface area contributed by atoms with Crippen LogP contribution in [0.5, 0.6) is 0 Å². The average Bonchev–Trinajstić information content (AvgIpc) is 2.81. The summed E-state index contributed by atoms with van der Waals surface area (Å²) in [6.07, 6.45) is 6.40. The van der Waals surface area contributed by atoms with E-state index in [2.05, 4.69) is 90.1 Å². The van der Waals surface area contributed by atoms with E-state index in [1.54, 1.807) is 0 Å². The molecule has 0 N–H and O–H groups in total. The van der Waals surface area contributed by atoms with Crippen LogP contribution in [0.1, 0.15) is 74.9 Å². The van der Waals surface area contributed by atoms with Crippen LogP contribution in [0.2, 0.25) is 0 Å². The van der Waals surface area contributed by atoms with Crippen molar-refractivity contribution in [3.63, 3.8) is 0 Å². The highest BCUT2D eigenvalue weighted by Crippen LogP contribution is 2.36. The molecule has 3 aromatic rings. The van der Waals surface area contributed by atoms with Crippen LogP contribution in [-0.2, 0) is 38.5 Å². The molecule has 0 aromatic heterocycles. The molecular weight excluding hydrogens is 360 g/mol. The molecule has 30 heavy (non-hydrogen) atoms. The maximum absolute atomic E-state index is 3.85. The van der Waals surface area contributed by atoms with E-state index in [9.17, 15) is 0 Å². The van der Waals surface area contributed by atoms with E-state index in [0.717, 1.165) is 38.5 Å². The highest BCUT2D eigenvalue weighted by molar-refractivity contribution is 5.79. The molecular formula is C30H37. The van der Waals surface area contributed by atoms with Gasteiger partial charge in [-0.2, -0.15) is 0 Å². The van der Waals surface area contributed by atoms with Gasteiger partial charge in [-0.3, -0.25) is 0 Å². The van der Waals surface area contributed by atoms with E-state index in [4.69, 9.17) is 0 Å². The Kier molecular flexibility index (Phi) is 7.53. The zero-order valence-corrected chi connectivity index (χ0v) is 19.8. The zero-order valence-electron chi connectivity index (χ0n) is 19.8. The molecule has 0 spiro atoms. The Hall–Kier alpha value is -2.34. The second-order valence-corrected chi connectivity index (χ2v) is 8.18. The van der Waals surface area contributed by atoms with Gasteiger partial charge in [0.15, 0.2) is 0 Å². The lowest BCUT2D eigenvalue weighted by molar-refractivity contribution is 1.04. The Labute approximate surface area is 184 Å². The molecule has 0 heteroatoms. The first-order valence-electron chi connectivity index (χ1n) is 11.9. The predicted molar refractivity (Wildman–Crippen MR) is 132 cm³/mol. The molecule has 0 aliphatic rings. The highest BCUT2D eigenvalue weighted by Gasteiger charge is 2.15. The fourth-order valence-electron chi connectivity index (χ4n) is 4.66. The normalized spacial score (nSPS) is 11.1. The van der Waals surface area contributed by atoms with Crippen molar-refractivity contribution in [3.8, 4) is 22.3 Å². The molecule has 3 aromatic carbocycles. The maximum Gasteiger partial charge on any atom is -0.00139 e. The Bertz CT molecular complexity index is 878. The van der Waals surface area contributed by atoms with Crippen LogP contribution < -0.4 is 0 Å². The zero-order chi connectivity index (χ0) is 21.7. The van der Waals surface area contributed by atoms with Crippen LogP contribution in [0.4, 0.5) is 0 Å². The van der Waals surface area contributed by atoms with Gasteiger partial charge in [-0.15, -0.1) is 0 Å². The molecule has 0 nitrogen and oxygen atoms in total. The molecule has 0 aliphatic heterocycles. The van der Waals surface area contributed by atoms with Gasteiger partial charge in [-0.1, -0.05) is 84.0 Å². The summed E-state index contributed by atoms with van der Waals surface area (Å²) in [6.45, 7) is 13.6. The minimum Gasteiger partial charge on any atom is -0.0613 e. The number of rotatable bonds is 8. The van der Waals surface area contributed by atoms with Crippen LogP contribution >= 0.6 is 0 Å². The van der Waals surface area contributed by atoms with Crippen molar-refractivity contribution >= 4 is 0 Å². The first-order chi connectivity index (χ1) is 14.6. The van der Waals surface area contributed by atoms with Crippen molar-refractivity contribution in [2.24, 2.45) is 0 Å². The molecule has 0 unspecified atom stereocenters. The van der Waals surface area contributed by atoms with Gasteiger partial charge in [0, 0.05) is 0 Å². The molecule has 157 valence electrons. The van der Waals surface area contributed by atoms with Gasteiger partial charge in [-0.25, -0.2) is 0 Å². The van der Waals surface area contributed by atoms with Gasteiger partial charge in [0.2, 0.25) is 0 Å². The molecule has 0 atom stereocenters. The third-order valence-corrected chi connectivity index (χ3v) is 6.40. The molecule has 0 heterocycles. The lowest BCUT2D eigenvalue weighted by atomic mass is 9.85. The Morgan fingerprint density at radius 3 is 1.10 bits per heavy atom. The summed E-state index contributed by atoms with van der Waals surface area (Å²) in [6, 6.07) is 20.2. The van der Waals surface area contributed by atoms with E-state index < -0.39 is 0 Å². The summed E-state index contributed by atoms with van der Waals surface area (Å²) in [5, 5.41) is 0. The number of hydrogen-bond acceptors (Lipinski definition) is 0. The fourth-order valence-corrected chi connectivity index (χ4v) is 4.66. The molecule has 3 rings (SSSR count). The van der Waals surface area contributed by atoms with Crippen LogP contribution in [0, 0.1) is 6.07 Å². The Balaban J connectivity index is 2.23. The molecule has 0 saturated heterocycles. The van der Waals surface area contributed by atoms with Crippen molar-refractivity contribution < 1.29 is 0 Å². The lowest BCUT2D eigenvalue weighted by Gasteiger charge is -2.19.